The predicted octanol–water partition coefficient (Wildman–Crippen LogP) is 1.56. The highest BCUT2D eigenvalue weighted by Crippen LogP contribution is 2.16. The molecule has 0 aliphatic carbocycles. The van der Waals surface area contributed by atoms with Crippen molar-refractivity contribution >= 4 is 5.78 Å². The van der Waals surface area contributed by atoms with E-state index >= 15 is 0 Å². The normalized spacial score (nSPS) is 12.5. The monoisotopic (exact) mass is 164 g/mol. The molecule has 1 atom stereocenters. The van der Waals surface area contributed by atoms with E-state index in [4.69, 9.17) is 0 Å². The summed E-state index contributed by atoms with van der Waals surface area (Å²) in [6.07, 6.45) is 3.93. The lowest BCUT2D eigenvalue weighted by molar-refractivity contribution is -0.118. The van der Waals surface area contributed by atoms with Gasteiger partial charge in [-0.25, -0.2) is 9.97 Å². The number of carbonyl (C=O) groups excluding carboxylic acids is 1. The van der Waals surface area contributed by atoms with E-state index in [-0.39, 0.29) is 11.7 Å². The van der Waals surface area contributed by atoms with Gasteiger partial charge in [-0.1, -0.05) is 6.92 Å². The Labute approximate surface area is 71.9 Å². The molecule has 0 fully saturated rings. The molecule has 1 rings (SSSR count). The van der Waals surface area contributed by atoms with E-state index < -0.39 is 0 Å². The van der Waals surface area contributed by atoms with Crippen molar-refractivity contribution in [2.24, 2.45) is 0 Å². The zero-order chi connectivity index (χ0) is 8.97. The number of Topliss-reactive ketones (excluding diaryl/α,β-unsaturated/α-hetero) is 1. The zero-order valence-corrected chi connectivity index (χ0v) is 7.32. The van der Waals surface area contributed by atoms with Gasteiger partial charge in [-0.3, -0.25) is 4.79 Å². The lowest BCUT2D eigenvalue weighted by Gasteiger charge is -2.08. The van der Waals surface area contributed by atoms with Gasteiger partial charge in [0.15, 0.2) is 0 Å². The average molecular weight is 164 g/mol. The van der Waals surface area contributed by atoms with Crippen molar-refractivity contribution in [2.75, 3.05) is 0 Å². The third kappa shape index (κ3) is 1.87. The average Bonchev–Trinajstić information content (AvgIpc) is 2.07. The number of carbonyl (C=O) groups is 1. The van der Waals surface area contributed by atoms with Crippen molar-refractivity contribution in [3.63, 3.8) is 0 Å². The van der Waals surface area contributed by atoms with Crippen LogP contribution < -0.4 is 0 Å². The standard InChI is InChI=1S/C9H12N2O/c1-3-8(7(2)12)9-4-5-10-6-11-9/h4-6,8H,3H2,1-2H3. The van der Waals surface area contributed by atoms with Crippen LogP contribution in [0.1, 0.15) is 31.9 Å². The van der Waals surface area contributed by atoms with Crippen LogP contribution in [-0.4, -0.2) is 15.8 Å². The highest BCUT2D eigenvalue weighted by Gasteiger charge is 2.14. The largest absolute Gasteiger partial charge is 0.299 e. The number of nitrogens with zero attached hydrogens (tertiary/aromatic N) is 2. The number of rotatable bonds is 3. The zero-order valence-electron chi connectivity index (χ0n) is 7.32. The first-order valence-electron chi connectivity index (χ1n) is 4.02. The molecule has 0 aromatic carbocycles. The van der Waals surface area contributed by atoms with Crippen molar-refractivity contribution in [1.29, 1.82) is 0 Å². The molecule has 0 saturated heterocycles. The Hall–Kier alpha value is -1.25. The quantitative estimate of drug-likeness (QED) is 0.680. The summed E-state index contributed by atoms with van der Waals surface area (Å²) in [5, 5.41) is 0. The van der Waals surface area contributed by atoms with Crippen LogP contribution >= 0.6 is 0 Å². The van der Waals surface area contributed by atoms with Crippen LogP contribution in [0.5, 0.6) is 0 Å². The molecule has 0 N–H and O–H groups in total. The summed E-state index contributed by atoms with van der Waals surface area (Å²) in [7, 11) is 0. The summed E-state index contributed by atoms with van der Waals surface area (Å²) in [5.74, 6) is 0.101. The summed E-state index contributed by atoms with van der Waals surface area (Å²) < 4.78 is 0. The third-order valence-electron chi connectivity index (χ3n) is 1.86. The number of ketones is 1. The Bertz CT molecular complexity index is 258. The molecule has 0 radical (unpaired) electrons. The van der Waals surface area contributed by atoms with E-state index in [9.17, 15) is 4.79 Å². The van der Waals surface area contributed by atoms with Crippen molar-refractivity contribution < 1.29 is 4.79 Å². The molecule has 3 heteroatoms. The number of hydrogen-bond acceptors (Lipinski definition) is 3. The first-order valence-corrected chi connectivity index (χ1v) is 4.02. The molecule has 12 heavy (non-hydrogen) atoms. The molecule has 0 amide bonds. The van der Waals surface area contributed by atoms with Crippen LogP contribution in [0.15, 0.2) is 18.6 Å². The van der Waals surface area contributed by atoms with Gasteiger partial charge in [-0.05, 0) is 19.4 Å². The smallest absolute Gasteiger partial charge is 0.138 e. The van der Waals surface area contributed by atoms with Crippen LogP contribution in [0.4, 0.5) is 0 Å². The molecule has 0 bridgehead atoms. The Kier molecular flexibility index (Phi) is 2.91. The third-order valence-corrected chi connectivity index (χ3v) is 1.86. The molecular weight excluding hydrogens is 152 g/mol. The van der Waals surface area contributed by atoms with Gasteiger partial charge in [0.25, 0.3) is 0 Å². The van der Waals surface area contributed by atoms with Crippen molar-refractivity contribution in [2.45, 2.75) is 26.2 Å². The van der Waals surface area contributed by atoms with Crippen LogP contribution in [0.2, 0.25) is 0 Å². The molecule has 3 nitrogen and oxygen atoms in total. The first kappa shape index (κ1) is 8.84. The molecule has 0 aliphatic heterocycles. The maximum absolute atomic E-state index is 11.1. The topological polar surface area (TPSA) is 42.9 Å². The number of aromatic nitrogens is 2. The Morgan fingerprint density at radius 1 is 1.67 bits per heavy atom. The lowest BCUT2D eigenvalue weighted by atomic mass is 9.98. The van der Waals surface area contributed by atoms with Crippen molar-refractivity contribution in [3.8, 4) is 0 Å². The molecule has 1 aromatic heterocycles. The molecule has 0 spiro atoms. The summed E-state index contributed by atoms with van der Waals surface area (Å²) in [6.45, 7) is 3.57. The Balaban J connectivity index is 2.88. The van der Waals surface area contributed by atoms with Gasteiger partial charge in [0.1, 0.15) is 12.1 Å². The summed E-state index contributed by atoms with van der Waals surface area (Å²) in [5.41, 5.74) is 0.819. The fourth-order valence-corrected chi connectivity index (χ4v) is 1.21. The summed E-state index contributed by atoms with van der Waals surface area (Å²) in [4.78, 5) is 19.0. The summed E-state index contributed by atoms with van der Waals surface area (Å²) in [6, 6.07) is 1.79. The SMILES string of the molecule is CCC(C(C)=O)c1ccncn1. The highest BCUT2D eigenvalue weighted by molar-refractivity contribution is 5.82. The van der Waals surface area contributed by atoms with E-state index in [1.54, 1.807) is 19.2 Å². The molecule has 1 unspecified atom stereocenters. The van der Waals surface area contributed by atoms with Crippen LogP contribution in [-0.2, 0) is 4.79 Å². The van der Waals surface area contributed by atoms with Gasteiger partial charge in [0, 0.05) is 6.20 Å². The van der Waals surface area contributed by atoms with Gasteiger partial charge < -0.3 is 0 Å². The second-order valence-electron chi connectivity index (χ2n) is 2.71. The van der Waals surface area contributed by atoms with E-state index in [0.29, 0.717) is 0 Å². The van der Waals surface area contributed by atoms with E-state index in [0.717, 1.165) is 12.1 Å². The predicted molar refractivity (Wildman–Crippen MR) is 45.7 cm³/mol. The minimum atomic E-state index is -0.0620. The molecular formula is C9H12N2O. The van der Waals surface area contributed by atoms with Crippen LogP contribution in [0.3, 0.4) is 0 Å². The minimum absolute atomic E-state index is 0.0620. The lowest BCUT2D eigenvalue weighted by Crippen LogP contribution is -2.09. The van der Waals surface area contributed by atoms with Gasteiger partial charge in [-0.2, -0.15) is 0 Å². The van der Waals surface area contributed by atoms with E-state index in [2.05, 4.69) is 9.97 Å². The molecule has 64 valence electrons. The maximum Gasteiger partial charge on any atom is 0.138 e. The van der Waals surface area contributed by atoms with Gasteiger partial charge in [0.2, 0.25) is 0 Å². The maximum atomic E-state index is 11.1. The van der Waals surface area contributed by atoms with Crippen molar-refractivity contribution in [1.82, 2.24) is 9.97 Å². The molecule has 1 aromatic rings. The number of hydrogen-bond donors (Lipinski definition) is 0. The summed E-state index contributed by atoms with van der Waals surface area (Å²) >= 11 is 0. The van der Waals surface area contributed by atoms with Gasteiger partial charge in [0.05, 0.1) is 11.6 Å². The Morgan fingerprint density at radius 2 is 2.42 bits per heavy atom. The Morgan fingerprint density at radius 3 is 2.83 bits per heavy atom. The highest BCUT2D eigenvalue weighted by atomic mass is 16.1. The van der Waals surface area contributed by atoms with Gasteiger partial charge >= 0.3 is 0 Å². The second-order valence-corrected chi connectivity index (χ2v) is 2.71. The van der Waals surface area contributed by atoms with Crippen molar-refractivity contribution in [3.05, 3.63) is 24.3 Å². The molecule has 0 saturated carbocycles. The molecule has 1 heterocycles. The van der Waals surface area contributed by atoms with Gasteiger partial charge in [-0.15, -0.1) is 0 Å². The fraction of sp³-hybridized carbons (Fsp3) is 0.444. The van der Waals surface area contributed by atoms with E-state index in [1.165, 1.54) is 6.33 Å². The first-order chi connectivity index (χ1) is 5.75. The van der Waals surface area contributed by atoms with Crippen LogP contribution in [0, 0.1) is 0 Å². The molecule has 0 aliphatic rings. The second kappa shape index (κ2) is 3.95. The fourth-order valence-electron chi connectivity index (χ4n) is 1.21. The minimum Gasteiger partial charge on any atom is -0.299 e. The van der Waals surface area contributed by atoms with Crippen LogP contribution in [0.25, 0.3) is 0 Å². The van der Waals surface area contributed by atoms with E-state index in [1.807, 2.05) is 6.92 Å².